The van der Waals surface area contributed by atoms with E-state index in [9.17, 15) is 69.3 Å². The van der Waals surface area contributed by atoms with E-state index in [0.717, 1.165) is 0 Å². The van der Waals surface area contributed by atoms with Crippen LogP contribution in [0.1, 0.15) is 126 Å². The van der Waals surface area contributed by atoms with Crippen LogP contribution < -0.4 is 5.32 Å². The van der Waals surface area contributed by atoms with E-state index >= 15 is 0 Å². The highest BCUT2D eigenvalue weighted by Crippen LogP contribution is 2.62. The van der Waals surface area contributed by atoms with Crippen molar-refractivity contribution >= 4 is 58.9 Å². The summed E-state index contributed by atoms with van der Waals surface area (Å²) < 4.78 is 0. The van der Waals surface area contributed by atoms with Gasteiger partial charge in [0, 0.05) is 105 Å². The summed E-state index contributed by atoms with van der Waals surface area (Å²) in [4.78, 5) is 104. The smallest absolute Gasteiger partial charge is 0.304 e. The van der Waals surface area contributed by atoms with Crippen LogP contribution in [-0.4, -0.2) is 106 Å². The van der Waals surface area contributed by atoms with Crippen LogP contribution in [0.5, 0.6) is 0 Å². The Hall–Kier alpha value is -5.68. The van der Waals surface area contributed by atoms with E-state index in [2.05, 4.69) is 5.32 Å². The van der Waals surface area contributed by atoms with Gasteiger partial charge in [0.05, 0.1) is 30.8 Å². The molecule has 344 valence electrons. The number of carbonyl (C=O) groups is 7. The molecule has 0 aromatic carbocycles. The third-order valence-electron chi connectivity index (χ3n) is 15.3. The van der Waals surface area contributed by atoms with Crippen LogP contribution in [0.2, 0.25) is 0 Å². The van der Waals surface area contributed by atoms with Crippen molar-refractivity contribution in [2.24, 2.45) is 60.3 Å². The largest absolute Gasteiger partial charge is 0.481 e. The number of hydrogen-bond acceptors (Lipinski definition) is 11. The van der Waals surface area contributed by atoms with Crippen molar-refractivity contribution in [1.82, 2.24) is 5.32 Å². The van der Waals surface area contributed by atoms with Crippen molar-refractivity contribution in [2.75, 3.05) is 0 Å². The van der Waals surface area contributed by atoms with Crippen LogP contribution >= 0.6 is 0 Å². The van der Waals surface area contributed by atoms with Crippen LogP contribution in [0.3, 0.4) is 0 Å². The van der Waals surface area contributed by atoms with E-state index in [1.165, 1.54) is 0 Å². The van der Waals surface area contributed by atoms with Gasteiger partial charge in [-0.15, -0.1) is 0 Å². The van der Waals surface area contributed by atoms with E-state index in [4.69, 9.17) is 15.0 Å². The molecule has 8 N–H and O–H groups in total. The highest BCUT2D eigenvalue weighted by molar-refractivity contribution is 6.10. The molecule has 63 heavy (non-hydrogen) atoms. The number of nitrogens with one attached hydrogen (secondary N) is 1. The molecule has 0 saturated carbocycles. The molecule has 0 aliphatic carbocycles. The minimum atomic E-state index is -1.63. The lowest BCUT2D eigenvalue weighted by molar-refractivity contribution is -0.143. The van der Waals surface area contributed by atoms with Crippen LogP contribution in [0.25, 0.3) is 0 Å². The van der Waals surface area contributed by atoms with Gasteiger partial charge in [-0.25, -0.2) is 0 Å². The Morgan fingerprint density at radius 3 is 1.71 bits per heavy atom. The molecule has 18 heteroatoms. The summed E-state index contributed by atoms with van der Waals surface area (Å²) in [6, 6.07) is -1.15. The lowest BCUT2D eigenvalue weighted by Gasteiger charge is -2.48. The third-order valence-corrected chi connectivity index (χ3v) is 15.3. The van der Waals surface area contributed by atoms with Gasteiger partial charge in [0.1, 0.15) is 0 Å². The maximum absolute atomic E-state index is 13.1. The SMILES string of the molecule is C[C@]1([14CH3])C2=NC(=C(/[14CH3])C3=N[C@H]([C@H](CC(=O)O)[C@@]3([14CH3])CCC(=O)O)[C@]3([14CH3])N=C(/C([14CH3])=C4\N/C(=C\2)[C@@H](CCC(=O)O)[C@]4(C)CC(=O)O)[C@@H](CCC(=O)O)[C@]3(C)CC(=O)O)/[C@H]1CCC(=O)O. The highest BCUT2D eigenvalue weighted by Gasteiger charge is 2.66. The van der Waals surface area contributed by atoms with Crippen molar-refractivity contribution in [2.45, 2.75) is 138 Å². The summed E-state index contributed by atoms with van der Waals surface area (Å²) in [5.74, 6) is -11.5. The second-order valence-corrected chi connectivity index (χ2v) is 19.5. The molecule has 5 heterocycles. The van der Waals surface area contributed by atoms with Gasteiger partial charge < -0.3 is 41.1 Å². The van der Waals surface area contributed by atoms with E-state index in [-0.39, 0.29) is 44.2 Å². The zero-order valence-corrected chi connectivity index (χ0v) is 37.1. The van der Waals surface area contributed by atoms with E-state index in [0.29, 0.717) is 39.7 Å². The Labute approximate surface area is 365 Å². The minimum absolute atomic E-state index is 0.0202. The first-order chi connectivity index (χ1) is 29.0. The van der Waals surface area contributed by atoms with E-state index in [1.807, 2.05) is 13.8 Å². The van der Waals surface area contributed by atoms with Crippen LogP contribution in [0, 0.1) is 45.3 Å². The number of nitrogens with zero attached hydrogens (tertiary/aromatic N) is 3. The van der Waals surface area contributed by atoms with Crippen molar-refractivity contribution < 1.29 is 69.3 Å². The molecule has 0 radical (unpaired) electrons. The van der Waals surface area contributed by atoms with Gasteiger partial charge in [0.15, 0.2) is 0 Å². The number of hydrogen-bond donors (Lipinski definition) is 8. The molecular formula is C45H60N4O14. The molecule has 0 spiro atoms. The van der Waals surface area contributed by atoms with Gasteiger partial charge in [-0.3, -0.25) is 48.5 Å². The first-order valence-corrected chi connectivity index (χ1v) is 21.3. The third kappa shape index (κ3) is 8.56. The van der Waals surface area contributed by atoms with Crippen LogP contribution in [0.15, 0.2) is 49.3 Å². The standard InChI is InChI=1S/C45H60N4O14/c1-21-36-24(10-13-30(52)53)41(3,4)28(47-36)18-27-23(9-12-29(50)51)43(6,19-34(60)61)39(46-27)22(2)37-25(11-14-31(54)55)44(7,20-35(62)63)45(8,49-37)40-26(17-33(58)59)42(5,38(21)48-40)16-15-32(56)57/h18,23-26,40,46H,9-17,19-20H2,1-8H3,(H,50,51)(H,52,53)(H,54,55)(H,56,57)(H,58,59)(H,60,61)(H,62,63)/b27-18-,36-21-,39-22-/t23-,24-,25-,26+,40-,42-,43+,44+,45+/m1/s1/i1+2,2+2,3+2,5+2,8+2/t23-,24-,25-,26+,40-,41+,42-,43+,44+,45+. The molecule has 0 aromatic rings. The number of fused-ring (bicyclic) bond motifs is 6. The van der Waals surface area contributed by atoms with Gasteiger partial charge in [-0.1, -0.05) is 34.6 Å². The van der Waals surface area contributed by atoms with Crippen molar-refractivity contribution in [1.29, 1.82) is 0 Å². The van der Waals surface area contributed by atoms with Gasteiger partial charge in [0.25, 0.3) is 0 Å². The second kappa shape index (κ2) is 17.1. The number of rotatable bonds is 18. The maximum atomic E-state index is 13.1. The summed E-state index contributed by atoms with van der Waals surface area (Å²) in [5.41, 5.74) is -3.60. The number of aliphatic imine (C=N–C) groups is 3. The maximum Gasteiger partial charge on any atom is 0.304 e. The normalized spacial score (nSPS) is 37.7. The fourth-order valence-electron chi connectivity index (χ4n) is 11.8. The fraction of sp³-hybridized carbons (Fsp3) is 0.644. The predicted octanol–water partition coefficient (Wildman–Crippen LogP) is 5.92. The zero-order valence-electron chi connectivity index (χ0n) is 37.1. The monoisotopic (exact) mass is 890 g/mol. The number of carboxylic acid groups (broad SMARTS) is 7. The Morgan fingerprint density at radius 1 is 0.683 bits per heavy atom. The Balaban J connectivity index is 2.03. The van der Waals surface area contributed by atoms with Crippen molar-refractivity contribution in [3.63, 3.8) is 0 Å². The Bertz CT molecular complexity index is 2220. The number of allylic oxidation sites excluding steroid dienone is 6. The Kier molecular flexibility index (Phi) is 13.1. The summed E-state index contributed by atoms with van der Waals surface area (Å²) in [5, 5.41) is 75.1. The summed E-state index contributed by atoms with van der Waals surface area (Å²) >= 11 is 0. The van der Waals surface area contributed by atoms with Crippen molar-refractivity contribution in [3.05, 3.63) is 34.3 Å². The number of carboxylic acids is 7. The van der Waals surface area contributed by atoms with Crippen molar-refractivity contribution in [3.8, 4) is 0 Å². The lowest BCUT2D eigenvalue weighted by Crippen LogP contribution is -2.55. The van der Waals surface area contributed by atoms with E-state index < -0.39 is 131 Å². The molecule has 0 amide bonds. The quantitative estimate of drug-likeness (QED) is 0.0792. The summed E-state index contributed by atoms with van der Waals surface area (Å²) in [6.07, 6.45) is -1.45. The first-order valence-electron chi connectivity index (χ1n) is 21.3. The van der Waals surface area contributed by atoms with Gasteiger partial charge in [-0.2, -0.15) is 0 Å². The summed E-state index contributed by atoms with van der Waals surface area (Å²) in [6.45, 7) is 13.9. The lowest BCUT2D eigenvalue weighted by atomic mass is 9.60. The zero-order chi connectivity index (χ0) is 47.4. The van der Waals surface area contributed by atoms with Gasteiger partial charge in [-0.05, 0) is 63.7 Å². The molecule has 0 unspecified atom stereocenters. The molecule has 8 bridgehead atoms. The molecule has 1 saturated heterocycles. The van der Waals surface area contributed by atoms with E-state index in [1.54, 1.807) is 47.6 Å². The molecule has 0 aromatic heterocycles. The highest BCUT2D eigenvalue weighted by atomic mass is 16.4. The first kappa shape index (κ1) is 48.4. The van der Waals surface area contributed by atoms with Gasteiger partial charge in [0.2, 0.25) is 0 Å². The molecule has 5 aliphatic heterocycles. The fourth-order valence-corrected chi connectivity index (χ4v) is 11.8. The molecule has 18 nitrogen and oxygen atoms in total. The van der Waals surface area contributed by atoms with Crippen LogP contribution in [-0.2, 0) is 33.6 Å². The molecule has 1 fully saturated rings. The van der Waals surface area contributed by atoms with Gasteiger partial charge >= 0.3 is 41.8 Å². The molecule has 5 aliphatic rings. The minimum Gasteiger partial charge on any atom is -0.481 e. The second-order valence-electron chi connectivity index (χ2n) is 19.5. The average Bonchev–Trinajstić information content (AvgIpc) is 3.75. The molecular weight excluding hydrogens is 830 g/mol. The topological polar surface area (TPSA) is 310 Å². The van der Waals surface area contributed by atoms with Crippen LogP contribution in [0.4, 0.5) is 0 Å². The average molecular weight is 891 g/mol. The Morgan fingerprint density at radius 2 is 1.21 bits per heavy atom. The predicted molar refractivity (Wildman–Crippen MR) is 227 cm³/mol. The summed E-state index contributed by atoms with van der Waals surface area (Å²) in [7, 11) is 0. The molecule has 10 atom stereocenters. The number of aliphatic carboxylic acids is 7. The molecule has 5 rings (SSSR count).